The van der Waals surface area contributed by atoms with Gasteiger partial charge in [0.05, 0.1) is 0 Å². The van der Waals surface area contributed by atoms with Crippen LogP contribution < -0.4 is 76.1 Å². The summed E-state index contributed by atoms with van der Waals surface area (Å²) < 4.78 is 0. The Kier molecular flexibility index (Phi) is 29.1. The zero-order valence-corrected chi connectivity index (χ0v) is 50.2. The van der Waals surface area contributed by atoms with E-state index in [1.807, 2.05) is 27.7 Å². The van der Waals surface area contributed by atoms with E-state index < -0.39 is 131 Å². The molecule has 0 radical (unpaired) electrons. The van der Waals surface area contributed by atoms with Crippen molar-refractivity contribution >= 4 is 71.0 Å². The van der Waals surface area contributed by atoms with Gasteiger partial charge in [0.15, 0.2) is 11.9 Å². The minimum atomic E-state index is -1.32. The van der Waals surface area contributed by atoms with Gasteiger partial charge in [-0.2, -0.15) is 0 Å². The van der Waals surface area contributed by atoms with E-state index in [0.717, 1.165) is 0 Å². The minimum absolute atomic E-state index is 0.0363. The smallest absolute Gasteiger partial charge is 0.243 e. The normalized spacial score (nSPS) is 24.5. The lowest BCUT2D eigenvalue weighted by Crippen LogP contribution is -2.62. The van der Waals surface area contributed by atoms with E-state index in [4.69, 9.17) is 22.9 Å². The lowest BCUT2D eigenvalue weighted by atomic mass is 9.99. The van der Waals surface area contributed by atoms with Crippen molar-refractivity contribution in [1.82, 2.24) is 53.2 Å². The van der Waals surface area contributed by atoms with Crippen LogP contribution in [0.4, 0.5) is 0 Å². The van der Waals surface area contributed by atoms with Crippen molar-refractivity contribution in [3.8, 4) is 0 Å². The molecular weight excluding hydrogens is 1080 g/mol. The lowest BCUT2D eigenvalue weighted by Gasteiger charge is -2.30. The second kappa shape index (κ2) is 35.0. The molecule has 84 heavy (non-hydrogen) atoms. The maximum absolute atomic E-state index is 14.5. The molecule has 3 rings (SSSR count). The number of hydrogen-bond donors (Lipinski definition) is 14. The van der Waals surface area contributed by atoms with E-state index in [-0.39, 0.29) is 88.2 Å². The van der Waals surface area contributed by atoms with Gasteiger partial charge < -0.3 is 76.1 Å². The predicted octanol–water partition coefficient (Wildman–Crippen LogP) is -1.12. The van der Waals surface area contributed by atoms with Gasteiger partial charge in [-0.3, -0.25) is 57.9 Å². The second-order valence-corrected chi connectivity index (χ2v) is 22.8. The molecule has 1 aliphatic heterocycles. The Morgan fingerprint density at radius 2 is 0.667 bits per heavy atom. The first-order valence-electron chi connectivity index (χ1n) is 28.8. The van der Waals surface area contributed by atoms with E-state index in [2.05, 4.69) is 63.2 Å². The third kappa shape index (κ3) is 24.6. The van der Waals surface area contributed by atoms with Crippen molar-refractivity contribution in [3.63, 3.8) is 0 Å². The Morgan fingerprint density at radius 1 is 0.381 bits per heavy atom. The number of benzene rings is 2. The Hall–Kier alpha value is -8.32. The number of carbonyl (C=O) groups is 10. The monoisotopic (exact) mass is 1170 g/mol. The van der Waals surface area contributed by atoms with Gasteiger partial charge in [0.1, 0.15) is 60.4 Å². The van der Waals surface area contributed by atoms with Crippen molar-refractivity contribution in [2.24, 2.45) is 56.6 Å². The molecule has 0 aromatic heterocycles. The molecule has 10 atom stereocenters. The SMILES string of the molecule is CC(C)C[C@@H]1NC(=O)[C@H](CCCN=C(N)N)NC(=O)[C@H](C(C)C)NC(=O)[C@H](C)NC(=O)[C@@H](Cc2ccccc2)NC(=O)[C@H](CC(C)C)NC(=O)[C@H](CCCN=C(N)N)NC(=O)[C@H](C(C)C)NC(=O)[C@H](C)NC(=O)[C@@H](Cc2ccccc2)NC1=O. The Labute approximate surface area is 493 Å². The average Bonchev–Trinajstić information content (AvgIpc) is 3.50. The summed E-state index contributed by atoms with van der Waals surface area (Å²) in [5.41, 5.74) is 23.6. The number of hydrogen-bond acceptors (Lipinski definition) is 12. The molecule has 2 aromatic rings. The maximum Gasteiger partial charge on any atom is 0.243 e. The van der Waals surface area contributed by atoms with Gasteiger partial charge in [0.25, 0.3) is 0 Å². The fraction of sp³-hybridized carbons (Fsp3) is 0.586. The molecule has 1 aliphatic rings. The molecule has 0 saturated carbocycles. The number of nitrogens with zero attached hydrogens (tertiary/aromatic N) is 2. The molecular formula is C58H92N16O10. The minimum Gasteiger partial charge on any atom is -0.370 e. The van der Waals surface area contributed by atoms with E-state index in [0.29, 0.717) is 11.1 Å². The molecule has 26 heteroatoms. The average molecular weight is 1170 g/mol. The fourth-order valence-electron chi connectivity index (χ4n) is 9.07. The van der Waals surface area contributed by atoms with Crippen LogP contribution in [0.25, 0.3) is 0 Å². The fourth-order valence-corrected chi connectivity index (χ4v) is 9.07. The Morgan fingerprint density at radius 3 is 0.964 bits per heavy atom. The number of amides is 10. The topological polar surface area (TPSA) is 420 Å². The summed E-state index contributed by atoms with van der Waals surface area (Å²) in [5, 5.41) is 27.3. The van der Waals surface area contributed by atoms with Crippen LogP contribution in [0.15, 0.2) is 70.6 Å². The molecule has 0 aliphatic carbocycles. The summed E-state index contributed by atoms with van der Waals surface area (Å²) in [6, 6.07) is 4.50. The van der Waals surface area contributed by atoms with E-state index in [9.17, 15) is 47.9 Å². The summed E-state index contributed by atoms with van der Waals surface area (Å²) in [6.07, 6.45) is 0.328. The molecule has 1 fully saturated rings. The molecule has 2 aromatic carbocycles. The lowest BCUT2D eigenvalue weighted by molar-refractivity contribution is -0.137. The van der Waals surface area contributed by atoms with Crippen molar-refractivity contribution in [2.75, 3.05) is 13.1 Å². The molecule has 18 N–H and O–H groups in total. The Bertz CT molecular complexity index is 2420. The van der Waals surface area contributed by atoms with Crippen LogP contribution in [0, 0.1) is 23.7 Å². The van der Waals surface area contributed by atoms with Gasteiger partial charge in [-0.1, -0.05) is 116 Å². The molecule has 26 nitrogen and oxygen atoms in total. The highest BCUT2D eigenvalue weighted by Crippen LogP contribution is 2.14. The molecule has 1 saturated heterocycles. The van der Waals surface area contributed by atoms with Gasteiger partial charge >= 0.3 is 0 Å². The predicted molar refractivity (Wildman–Crippen MR) is 319 cm³/mol. The summed E-state index contributed by atoms with van der Waals surface area (Å²) >= 11 is 0. The standard InChI is InChI=1S/C58H92N16O10/c1-31(2)27-41-53(81)71-43(29-37-19-13-11-14-20-37)51(79)65-35(9)47(75)74-46(34(7)8)56(84)68-40(24-18-26-64-58(61)62)50(78)70-42(28-32(3)4)54(82)72-44(30-38-21-15-12-16-22-38)52(80)66-36(10)48(76)73-45(33(5)6)55(83)67-39(49(77)69-41)23-17-25-63-57(59)60/h11-16,19-22,31-36,39-46H,17-18,23-30H2,1-10H3,(H,65,79)(H,66,80)(H,67,83)(H,68,84)(H,69,77)(H,70,78)(H,71,81)(H,72,82)(H,73,76)(H,74,75)(H4,59,60,63)(H4,61,62,64)/t35-,36-,39-,40-,41-,42-,43+,44+,45-,46-/m0/s1. The van der Waals surface area contributed by atoms with Crippen molar-refractivity contribution in [2.45, 2.75) is 181 Å². The number of guanidine groups is 2. The van der Waals surface area contributed by atoms with Crippen LogP contribution in [0.3, 0.4) is 0 Å². The molecule has 464 valence electrons. The quantitative estimate of drug-likeness (QED) is 0.0478. The summed E-state index contributed by atoms with van der Waals surface area (Å²) in [4.78, 5) is 151. The zero-order valence-electron chi connectivity index (χ0n) is 50.2. The highest BCUT2D eigenvalue weighted by molar-refractivity contribution is 5.99. The van der Waals surface area contributed by atoms with Crippen LogP contribution in [-0.4, -0.2) is 144 Å². The third-order valence-electron chi connectivity index (χ3n) is 13.7. The van der Waals surface area contributed by atoms with Gasteiger partial charge in [-0.15, -0.1) is 0 Å². The number of nitrogens with one attached hydrogen (secondary N) is 10. The molecule has 1 heterocycles. The van der Waals surface area contributed by atoms with E-state index >= 15 is 0 Å². The number of carbonyl (C=O) groups excluding carboxylic acids is 10. The van der Waals surface area contributed by atoms with Crippen LogP contribution in [-0.2, 0) is 60.8 Å². The van der Waals surface area contributed by atoms with Crippen molar-refractivity contribution < 1.29 is 47.9 Å². The molecule has 0 bridgehead atoms. The van der Waals surface area contributed by atoms with Gasteiger partial charge in [0, 0.05) is 25.9 Å². The number of aliphatic imine (C=N–C) groups is 2. The summed E-state index contributed by atoms with van der Waals surface area (Å²) in [5.74, 6) is -9.71. The largest absolute Gasteiger partial charge is 0.370 e. The van der Waals surface area contributed by atoms with Crippen LogP contribution in [0.2, 0.25) is 0 Å². The zero-order chi connectivity index (χ0) is 62.8. The van der Waals surface area contributed by atoms with Crippen molar-refractivity contribution in [1.29, 1.82) is 0 Å². The summed E-state index contributed by atoms with van der Waals surface area (Å²) in [7, 11) is 0. The first-order chi connectivity index (χ1) is 39.6. The maximum atomic E-state index is 14.5. The first-order valence-corrected chi connectivity index (χ1v) is 28.8. The number of rotatable bonds is 18. The summed E-state index contributed by atoms with van der Waals surface area (Å²) in [6.45, 7) is 16.8. The van der Waals surface area contributed by atoms with Crippen LogP contribution in [0.1, 0.15) is 119 Å². The van der Waals surface area contributed by atoms with Gasteiger partial charge in [0.2, 0.25) is 59.1 Å². The second-order valence-electron chi connectivity index (χ2n) is 22.8. The highest BCUT2D eigenvalue weighted by atomic mass is 16.2. The van der Waals surface area contributed by atoms with Crippen LogP contribution in [0.5, 0.6) is 0 Å². The van der Waals surface area contributed by atoms with Gasteiger partial charge in [-0.05, 0) is 87.2 Å². The highest BCUT2D eigenvalue weighted by Gasteiger charge is 2.37. The van der Waals surface area contributed by atoms with E-state index in [1.54, 1.807) is 88.4 Å². The van der Waals surface area contributed by atoms with E-state index in [1.165, 1.54) is 13.8 Å². The molecule has 0 spiro atoms. The molecule has 10 amide bonds. The van der Waals surface area contributed by atoms with Crippen molar-refractivity contribution in [3.05, 3.63) is 71.8 Å². The third-order valence-corrected chi connectivity index (χ3v) is 13.7. The van der Waals surface area contributed by atoms with Crippen LogP contribution >= 0.6 is 0 Å². The van der Waals surface area contributed by atoms with Gasteiger partial charge in [-0.25, -0.2) is 0 Å². The Balaban J connectivity index is 2.22. The molecule has 0 unspecified atom stereocenters. The first kappa shape index (κ1) is 69.9. The number of nitrogens with two attached hydrogens (primary N) is 4.